The first-order valence-corrected chi connectivity index (χ1v) is 6.61. The SMILES string of the molecule is N#CC(CN1CCOCC1)c1ccc(Cl)cc1Cl. The van der Waals surface area contributed by atoms with Crippen LogP contribution in [-0.4, -0.2) is 37.7 Å². The third-order valence-corrected chi connectivity index (χ3v) is 3.60. The largest absolute Gasteiger partial charge is 0.379 e. The van der Waals surface area contributed by atoms with Crippen LogP contribution in [0.2, 0.25) is 10.0 Å². The molecule has 1 heterocycles. The lowest BCUT2D eigenvalue weighted by Crippen LogP contribution is -2.38. The molecule has 1 fully saturated rings. The predicted octanol–water partition coefficient (Wildman–Crippen LogP) is 2.93. The van der Waals surface area contributed by atoms with E-state index in [1.165, 1.54) is 0 Å². The van der Waals surface area contributed by atoms with E-state index < -0.39 is 0 Å². The zero-order valence-electron chi connectivity index (χ0n) is 9.90. The van der Waals surface area contributed by atoms with Crippen molar-refractivity contribution in [3.05, 3.63) is 33.8 Å². The molecule has 1 aromatic rings. The van der Waals surface area contributed by atoms with Crippen LogP contribution in [0.5, 0.6) is 0 Å². The van der Waals surface area contributed by atoms with E-state index in [-0.39, 0.29) is 5.92 Å². The van der Waals surface area contributed by atoms with Crippen molar-refractivity contribution < 1.29 is 4.74 Å². The topological polar surface area (TPSA) is 36.3 Å². The van der Waals surface area contributed by atoms with Crippen LogP contribution in [0, 0.1) is 11.3 Å². The Labute approximate surface area is 117 Å². The van der Waals surface area contributed by atoms with Gasteiger partial charge in [-0.2, -0.15) is 5.26 Å². The molecule has 0 aromatic heterocycles. The number of benzene rings is 1. The number of rotatable bonds is 3. The van der Waals surface area contributed by atoms with Gasteiger partial charge in [0.25, 0.3) is 0 Å². The van der Waals surface area contributed by atoms with Gasteiger partial charge in [0.15, 0.2) is 0 Å². The molecule has 0 aliphatic carbocycles. The number of hydrogen-bond donors (Lipinski definition) is 0. The monoisotopic (exact) mass is 284 g/mol. The van der Waals surface area contributed by atoms with Gasteiger partial charge in [-0.3, -0.25) is 4.90 Å². The van der Waals surface area contributed by atoms with E-state index in [4.69, 9.17) is 27.9 Å². The molecule has 1 saturated heterocycles. The quantitative estimate of drug-likeness (QED) is 0.856. The Balaban J connectivity index is 2.10. The highest BCUT2D eigenvalue weighted by Crippen LogP contribution is 2.28. The van der Waals surface area contributed by atoms with Crippen molar-refractivity contribution in [2.24, 2.45) is 0 Å². The summed E-state index contributed by atoms with van der Waals surface area (Å²) in [7, 11) is 0. The molecule has 18 heavy (non-hydrogen) atoms. The van der Waals surface area contributed by atoms with E-state index in [0.717, 1.165) is 31.9 Å². The molecule has 0 amide bonds. The number of morpholine rings is 1. The van der Waals surface area contributed by atoms with Gasteiger partial charge in [-0.15, -0.1) is 0 Å². The van der Waals surface area contributed by atoms with Gasteiger partial charge in [0.2, 0.25) is 0 Å². The fourth-order valence-corrected chi connectivity index (χ4v) is 2.57. The number of halogens is 2. The van der Waals surface area contributed by atoms with Gasteiger partial charge in [0, 0.05) is 29.7 Å². The molecule has 1 aromatic carbocycles. The predicted molar refractivity (Wildman–Crippen MR) is 72.1 cm³/mol. The van der Waals surface area contributed by atoms with Crippen LogP contribution in [0.1, 0.15) is 11.5 Å². The van der Waals surface area contributed by atoms with Crippen molar-refractivity contribution in [3.8, 4) is 6.07 Å². The highest BCUT2D eigenvalue weighted by Gasteiger charge is 2.19. The maximum absolute atomic E-state index is 9.30. The summed E-state index contributed by atoms with van der Waals surface area (Å²) in [5.41, 5.74) is 0.843. The Kier molecular flexibility index (Phi) is 4.85. The summed E-state index contributed by atoms with van der Waals surface area (Å²) in [5.74, 6) is -0.229. The Hall–Kier alpha value is -0.790. The van der Waals surface area contributed by atoms with Gasteiger partial charge < -0.3 is 4.74 Å². The van der Waals surface area contributed by atoms with Crippen LogP contribution in [0.4, 0.5) is 0 Å². The Morgan fingerprint density at radius 1 is 1.33 bits per heavy atom. The average molecular weight is 285 g/mol. The van der Waals surface area contributed by atoms with E-state index in [1.54, 1.807) is 12.1 Å². The Morgan fingerprint density at radius 3 is 2.67 bits per heavy atom. The molecular weight excluding hydrogens is 271 g/mol. The van der Waals surface area contributed by atoms with Crippen molar-refractivity contribution in [1.82, 2.24) is 4.90 Å². The van der Waals surface area contributed by atoms with Crippen LogP contribution in [0.15, 0.2) is 18.2 Å². The lowest BCUT2D eigenvalue weighted by Gasteiger charge is -2.28. The second kappa shape index (κ2) is 6.40. The maximum Gasteiger partial charge on any atom is 0.0854 e. The molecule has 1 aliphatic rings. The molecular formula is C13H14Cl2N2O. The van der Waals surface area contributed by atoms with Gasteiger partial charge >= 0.3 is 0 Å². The second-order valence-corrected chi connectivity index (χ2v) is 5.10. The first-order chi connectivity index (χ1) is 8.70. The molecule has 1 unspecified atom stereocenters. The summed E-state index contributed by atoms with van der Waals surface area (Å²) in [6.45, 7) is 3.87. The van der Waals surface area contributed by atoms with Crippen LogP contribution >= 0.6 is 23.2 Å². The molecule has 5 heteroatoms. The van der Waals surface area contributed by atoms with Crippen LogP contribution in [-0.2, 0) is 4.74 Å². The minimum atomic E-state index is -0.229. The van der Waals surface area contributed by atoms with E-state index in [9.17, 15) is 5.26 Å². The first kappa shape index (κ1) is 13.6. The van der Waals surface area contributed by atoms with Crippen LogP contribution in [0.3, 0.4) is 0 Å². The van der Waals surface area contributed by atoms with Gasteiger partial charge in [-0.1, -0.05) is 29.3 Å². The van der Waals surface area contributed by atoms with E-state index in [0.29, 0.717) is 16.6 Å². The molecule has 0 N–H and O–H groups in total. The summed E-state index contributed by atoms with van der Waals surface area (Å²) in [5, 5.41) is 10.5. The fourth-order valence-electron chi connectivity index (χ4n) is 2.03. The standard InChI is InChI=1S/C13H14Cl2N2O/c14-11-1-2-12(13(15)7-11)10(8-16)9-17-3-5-18-6-4-17/h1-2,7,10H,3-6,9H2. The molecule has 0 spiro atoms. The lowest BCUT2D eigenvalue weighted by molar-refractivity contribution is 0.0370. The molecule has 1 aliphatic heterocycles. The summed E-state index contributed by atoms with van der Waals surface area (Å²) < 4.78 is 5.29. The first-order valence-electron chi connectivity index (χ1n) is 5.85. The number of nitrogens with zero attached hydrogens (tertiary/aromatic N) is 2. The van der Waals surface area contributed by atoms with Crippen molar-refractivity contribution in [3.63, 3.8) is 0 Å². The summed E-state index contributed by atoms with van der Waals surface area (Å²) in [4.78, 5) is 2.22. The molecule has 0 radical (unpaired) electrons. The number of nitriles is 1. The molecule has 1 atom stereocenters. The number of ether oxygens (including phenoxy) is 1. The van der Waals surface area contributed by atoms with Crippen molar-refractivity contribution in [2.45, 2.75) is 5.92 Å². The number of hydrogen-bond acceptors (Lipinski definition) is 3. The van der Waals surface area contributed by atoms with Crippen molar-refractivity contribution in [1.29, 1.82) is 5.26 Å². The lowest BCUT2D eigenvalue weighted by atomic mass is 10.00. The Bertz CT molecular complexity index is 453. The molecule has 2 rings (SSSR count). The third-order valence-electron chi connectivity index (χ3n) is 3.04. The van der Waals surface area contributed by atoms with Gasteiger partial charge in [0.05, 0.1) is 25.2 Å². The second-order valence-electron chi connectivity index (χ2n) is 4.26. The van der Waals surface area contributed by atoms with E-state index in [1.807, 2.05) is 6.07 Å². The molecule has 0 saturated carbocycles. The third kappa shape index (κ3) is 3.37. The smallest absolute Gasteiger partial charge is 0.0854 e. The van der Waals surface area contributed by atoms with Crippen molar-refractivity contribution in [2.75, 3.05) is 32.8 Å². The molecule has 96 valence electrons. The minimum absolute atomic E-state index is 0.229. The van der Waals surface area contributed by atoms with E-state index >= 15 is 0 Å². The fraction of sp³-hybridized carbons (Fsp3) is 0.462. The van der Waals surface area contributed by atoms with Crippen LogP contribution < -0.4 is 0 Å². The minimum Gasteiger partial charge on any atom is -0.379 e. The van der Waals surface area contributed by atoms with Gasteiger partial charge in [-0.25, -0.2) is 0 Å². The summed E-state index contributed by atoms with van der Waals surface area (Å²) in [6.07, 6.45) is 0. The highest BCUT2D eigenvalue weighted by molar-refractivity contribution is 6.35. The maximum atomic E-state index is 9.30. The summed E-state index contributed by atoms with van der Waals surface area (Å²) in [6, 6.07) is 7.60. The van der Waals surface area contributed by atoms with Gasteiger partial charge in [-0.05, 0) is 17.7 Å². The van der Waals surface area contributed by atoms with Crippen LogP contribution in [0.25, 0.3) is 0 Å². The van der Waals surface area contributed by atoms with E-state index in [2.05, 4.69) is 11.0 Å². The normalized spacial score (nSPS) is 18.3. The molecule has 0 bridgehead atoms. The zero-order chi connectivity index (χ0) is 13.0. The summed E-state index contributed by atoms with van der Waals surface area (Å²) >= 11 is 12.0. The molecule has 3 nitrogen and oxygen atoms in total. The highest BCUT2D eigenvalue weighted by atomic mass is 35.5. The Morgan fingerprint density at radius 2 is 2.06 bits per heavy atom. The van der Waals surface area contributed by atoms with Gasteiger partial charge in [0.1, 0.15) is 0 Å². The van der Waals surface area contributed by atoms with Crippen molar-refractivity contribution >= 4 is 23.2 Å². The average Bonchev–Trinajstić information content (AvgIpc) is 2.38. The zero-order valence-corrected chi connectivity index (χ0v) is 11.4.